The van der Waals surface area contributed by atoms with Crippen LogP contribution in [0.1, 0.15) is 31.0 Å². The zero-order valence-corrected chi connectivity index (χ0v) is 17.5. The van der Waals surface area contributed by atoms with Crippen molar-refractivity contribution >= 4 is 17.3 Å². The molecule has 0 aliphatic carbocycles. The molecule has 1 N–H and O–H groups in total. The molecule has 2 aromatic carbocycles. The van der Waals surface area contributed by atoms with Gasteiger partial charge in [-0.1, -0.05) is 43.7 Å². The van der Waals surface area contributed by atoms with E-state index in [1.54, 1.807) is 35.1 Å². The van der Waals surface area contributed by atoms with Crippen LogP contribution >= 0.6 is 0 Å². The van der Waals surface area contributed by atoms with Crippen molar-refractivity contribution in [2.24, 2.45) is 0 Å². The molecule has 162 valence electrons. The second-order valence-corrected chi connectivity index (χ2v) is 7.73. The molecule has 0 amide bonds. The highest BCUT2D eigenvalue weighted by molar-refractivity contribution is 5.83. The third-order valence-corrected chi connectivity index (χ3v) is 5.72. The molecule has 4 rings (SSSR count). The molecule has 4 aromatic rings. The number of carbonyl (C=O) groups is 1. The van der Waals surface area contributed by atoms with E-state index in [4.69, 9.17) is 0 Å². The van der Waals surface area contributed by atoms with E-state index in [1.165, 1.54) is 12.1 Å². The molecule has 32 heavy (non-hydrogen) atoms. The Morgan fingerprint density at radius 3 is 2.47 bits per heavy atom. The van der Waals surface area contributed by atoms with Crippen LogP contribution in [0.15, 0.2) is 73.1 Å². The van der Waals surface area contributed by atoms with E-state index in [0.717, 1.165) is 11.1 Å². The molecule has 0 radical (unpaired) electrons. The number of hydrogen-bond donors (Lipinski definition) is 1. The monoisotopic (exact) mass is 430 g/mol. The smallest absolute Gasteiger partial charge is 0.316 e. The fourth-order valence-corrected chi connectivity index (χ4v) is 4.19. The fourth-order valence-electron chi connectivity index (χ4n) is 4.19. The average molecular weight is 430 g/mol. The molecular formula is C24H22N4O4. The Bertz CT molecular complexity index is 1270. The minimum Gasteiger partial charge on any atom is -0.481 e. The molecule has 0 unspecified atom stereocenters. The molecule has 0 saturated heterocycles. The average Bonchev–Trinajstić information content (AvgIpc) is 3.23. The number of carboxylic acid groups (broad SMARTS) is 1. The van der Waals surface area contributed by atoms with Crippen molar-refractivity contribution in [1.82, 2.24) is 14.6 Å². The van der Waals surface area contributed by atoms with Crippen molar-refractivity contribution in [3.05, 3.63) is 94.4 Å². The topological polar surface area (TPSA) is 111 Å². The van der Waals surface area contributed by atoms with Gasteiger partial charge in [0, 0.05) is 23.9 Å². The molecule has 8 heteroatoms. The van der Waals surface area contributed by atoms with Gasteiger partial charge in [0.05, 0.1) is 16.8 Å². The third kappa shape index (κ3) is 3.71. The lowest BCUT2D eigenvalue weighted by molar-refractivity contribution is -0.384. The van der Waals surface area contributed by atoms with Crippen LogP contribution < -0.4 is 0 Å². The first-order valence-electron chi connectivity index (χ1n) is 10.3. The van der Waals surface area contributed by atoms with Crippen molar-refractivity contribution in [3.63, 3.8) is 0 Å². The lowest BCUT2D eigenvalue weighted by Gasteiger charge is -2.30. The molecule has 2 heterocycles. The zero-order chi connectivity index (χ0) is 22.7. The van der Waals surface area contributed by atoms with Gasteiger partial charge in [0.15, 0.2) is 5.65 Å². The predicted octanol–water partition coefficient (Wildman–Crippen LogP) is 4.67. The standard InChI is InChI=1S/C24H22N4O4/c1-2-13-24(23(29)30,15-17-6-4-3-5-7-17)21-12-14-25-22-20(16-26-27(21)22)18-8-10-19(11-9-18)28(31)32/h3-12,14,16H,2,13,15H2,1H3,(H,29,30)/t24-/m0/s1. The number of benzene rings is 2. The number of nitro groups is 1. The largest absolute Gasteiger partial charge is 0.481 e. The highest BCUT2D eigenvalue weighted by Gasteiger charge is 2.42. The highest BCUT2D eigenvalue weighted by atomic mass is 16.6. The van der Waals surface area contributed by atoms with Crippen LogP contribution in [-0.2, 0) is 16.6 Å². The van der Waals surface area contributed by atoms with Gasteiger partial charge in [-0.25, -0.2) is 9.50 Å². The van der Waals surface area contributed by atoms with E-state index in [2.05, 4.69) is 10.1 Å². The Balaban J connectivity index is 1.86. The van der Waals surface area contributed by atoms with Gasteiger partial charge < -0.3 is 5.11 Å². The molecule has 0 bridgehead atoms. The number of non-ortho nitro benzene ring substituents is 1. The van der Waals surface area contributed by atoms with Crippen LogP contribution in [0.4, 0.5) is 5.69 Å². The Morgan fingerprint density at radius 2 is 1.84 bits per heavy atom. The number of fused-ring (bicyclic) bond motifs is 1. The summed E-state index contributed by atoms with van der Waals surface area (Å²) in [6.07, 6.45) is 4.65. The fraction of sp³-hybridized carbons (Fsp3) is 0.208. The van der Waals surface area contributed by atoms with Crippen molar-refractivity contribution in [2.75, 3.05) is 0 Å². The maximum absolute atomic E-state index is 12.7. The maximum Gasteiger partial charge on any atom is 0.316 e. The second kappa shape index (κ2) is 8.58. The number of nitrogens with zero attached hydrogens (tertiary/aromatic N) is 4. The van der Waals surface area contributed by atoms with Gasteiger partial charge in [0.25, 0.3) is 5.69 Å². The van der Waals surface area contributed by atoms with E-state index in [1.807, 2.05) is 37.3 Å². The van der Waals surface area contributed by atoms with E-state index < -0.39 is 16.3 Å². The van der Waals surface area contributed by atoms with Crippen LogP contribution in [0.5, 0.6) is 0 Å². The quantitative estimate of drug-likeness (QED) is 0.321. The molecule has 0 fully saturated rings. The summed E-state index contributed by atoms with van der Waals surface area (Å²) in [6, 6.07) is 17.4. The summed E-state index contributed by atoms with van der Waals surface area (Å²) >= 11 is 0. The number of carboxylic acids is 1. The Kier molecular flexibility index (Phi) is 5.68. The number of rotatable bonds is 8. The molecule has 8 nitrogen and oxygen atoms in total. The summed E-state index contributed by atoms with van der Waals surface area (Å²) in [5, 5.41) is 25.9. The van der Waals surface area contributed by atoms with Crippen LogP contribution in [0.2, 0.25) is 0 Å². The minimum absolute atomic E-state index is 0.00502. The summed E-state index contributed by atoms with van der Waals surface area (Å²) in [6.45, 7) is 1.96. The maximum atomic E-state index is 12.7. The van der Waals surface area contributed by atoms with Gasteiger partial charge in [-0.3, -0.25) is 14.9 Å². The Labute approximate surface area is 184 Å². The molecule has 0 spiro atoms. The Hall–Kier alpha value is -4.07. The number of aromatic nitrogens is 3. The van der Waals surface area contributed by atoms with Gasteiger partial charge in [0.2, 0.25) is 0 Å². The van der Waals surface area contributed by atoms with E-state index in [0.29, 0.717) is 36.2 Å². The SMILES string of the molecule is CCC[C@@](Cc1ccccc1)(C(=O)O)c1ccnc2c(-c3ccc([N+](=O)[O-])cc3)cnn12. The highest BCUT2D eigenvalue weighted by Crippen LogP contribution is 2.35. The second-order valence-electron chi connectivity index (χ2n) is 7.73. The van der Waals surface area contributed by atoms with Gasteiger partial charge in [-0.2, -0.15) is 5.10 Å². The summed E-state index contributed by atoms with van der Waals surface area (Å²) in [7, 11) is 0. The molecule has 2 aromatic heterocycles. The van der Waals surface area contributed by atoms with Crippen LogP contribution in [0.3, 0.4) is 0 Å². The number of hydrogen-bond acceptors (Lipinski definition) is 5. The lowest BCUT2D eigenvalue weighted by Crippen LogP contribution is -2.40. The molecule has 0 aliphatic heterocycles. The molecule has 1 atom stereocenters. The molecule has 0 saturated carbocycles. The Morgan fingerprint density at radius 1 is 1.12 bits per heavy atom. The first kappa shape index (κ1) is 21.2. The zero-order valence-electron chi connectivity index (χ0n) is 17.5. The summed E-state index contributed by atoms with van der Waals surface area (Å²) in [5.41, 5.74) is 2.19. The van der Waals surface area contributed by atoms with Crippen molar-refractivity contribution < 1.29 is 14.8 Å². The van der Waals surface area contributed by atoms with Gasteiger partial charge >= 0.3 is 5.97 Å². The van der Waals surface area contributed by atoms with Crippen LogP contribution in [-0.4, -0.2) is 30.6 Å². The van der Waals surface area contributed by atoms with Gasteiger partial charge in [-0.15, -0.1) is 0 Å². The van der Waals surface area contributed by atoms with E-state index >= 15 is 0 Å². The van der Waals surface area contributed by atoms with Crippen LogP contribution in [0, 0.1) is 10.1 Å². The van der Waals surface area contributed by atoms with Crippen LogP contribution in [0.25, 0.3) is 16.8 Å². The van der Waals surface area contributed by atoms with E-state index in [-0.39, 0.29) is 5.69 Å². The third-order valence-electron chi connectivity index (χ3n) is 5.72. The summed E-state index contributed by atoms with van der Waals surface area (Å²) in [5.74, 6) is -0.914. The number of aliphatic carboxylic acids is 1. The molecule has 0 aliphatic rings. The van der Waals surface area contributed by atoms with Gasteiger partial charge in [0.1, 0.15) is 5.41 Å². The lowest BCUT2D eigenvalue weighted by atomic mass is 9.75. The first-order chi connectivity index (χ1) is 15.5. The predicted molar refractivity (Wildman–Crippen MR) is 119 cm³/mol. The summed E-state index contributed by atoms with van der Waals surface area (Å²) < 4.78 is 1.59. The summed E-state index contributed by atoms with van der Waals surface area (Å²) in [4.78, 5) is 27.7. The number of nitro benzene ring substituents is 1. The van der Waals surface area contributed by atoms with Crippen molar-refractivity contribution in [3.8, 4) is 11.1 Å². The molecular weight excluding hydrogens is 408 g/mol. The normalized spacial score (nSPS) is 13.0. The first-order valence-corrected chi connectivity index (χ1v) is 10.3. The minimum atomic E-state index is -1.18. The van der Waals surface area contributed by atoms with Crippen molar-refractivity contribution in [1.29, 1.82) is 0 Å². The van der Waals surface area contributed by atoms with Gasteiger partial charge in [-0.05, 0) is 42.2 Å². The van der Waals surface area contributed by atoms with Crippen molar-refractivity contribution in [2.45, 2.75) is 31.6 Å². The van der Waals surface area contributed by atoms with E-state index in [9.17, 15) is 20.0 Å².